The molecule has 0 unspecified atom stereocenters. The molecule has 1 saturated heterocycles. The van der Waals surface area contributed by atoms with Crippen LogP contribution in [0.5, 0.6) is 0 Å². The van der Waals surface area contributed by atoms with E-state index in [-0.39, 0.29) is 42.2 Å². The summed E-state index contributed by atoms with van der Waals surface area (Å²) < 4.78 is 0. The molecular weight excluding hydrogens is 353 g/mol. The SMILES string of the molecule is Cc1csc(C2(NC(=O)[C@H]3CCN[C@@H](C)C3)CCCC2)n1.Cl.Cl. The molecule has 7 heteroatoms. The van der Waals surface area contributed by atoms with Gasteiger partial charge in [0.15, 0.2) is 0 Å². The molecule has 1 aliphatic carbocycles. The van der Waals surface area contributed by atoms with Crippen LogP contribution in [-0.4, -0.2) is 23.5 Å². The Bertz CT molecular complexity index is 517. The van der Waals surface area contributed by atoms with Gasteiger partial charge in [-0.1, -0.05) is 12.8 Å². The molecule has 3 rings (SSSR count). The highest BCUT2D eigenvalue weighted by molar-refractivity contribution is 7.09. The summed E-state index contributed by atoms with van der Waals surface area (Å²) in [5, 5.41) is 10.0. The fourth-order valence-electron chi connectivity index (χ4n) is 3.65. The minimum absolute atomic E-state index is 0. The number of rotatable bonds is 3. The van der Waals surface area contributed by atoms with Gasteiger partial charge in [0.1, 0.15) is 5.01 Å². The van der Waals surface area contributed by atoms with E-state index >= 15 is 0 Å². The maximum atomic E-state index is 12.7. The van der Waals surface area contributed by atoms with Gasteiger partial charge in [0.25, 0.3) is 0 Å². The number of thiazole rings is 1. The smallest absolute Gasteiger partial charge is 0.223 e. The van der Waals surface area contributed by atoms with Gasteiger partial charge < -0.3 is 10.6 Å². The van der Waals surface area contributed by atoms with Crippen LogP contribution in [0.1, 0.15) is 56.2 Å². The number of carbonyl (C=O) groups is 1. The first-order valence-electron chi connectivity index (χ1n) is 8.07. The van der Waals surface area contributed by atoms with E-state index in [4.69, 9.17) is 0 Å². The lowest BCUT2D eigenvalue weighted by Gasteiger charge is -2.33. The molecule has 132 valence electrons. The molecule has 1 aromatic rings. The second-order valence-electron chi connectivity index (χ2n) is 6.65. The topological polar surface area (TPSA) is 54.0 Å². The van der Waals surface area contributed by atoms with E-state index in [1.165, 1.54) is 12.8 Å². The van der Waals surface area contributed by atoms with Crippen molar-refractivity contribution < 1.29 is 4.79 Å². The average Bonchev–Trinajstić information content (AvgIpc) is 3.09. The Labute approximate surface area is 155 Å². The Morgan fingerprint density at radius 2 is 2.09 bits per heavy atom. The van der Waals surface area contributed by atoms with Gasteiger partial charge in [0.05, 0.1) is 5.54 Å². The number of halogens is 2. The monoisotopic (exact) mass is 379 g/mol. The van der Waals surface area contributed by atoms with Gasteiger partial charge in [-0.2, -0.15) is 0 Å². The van der Waals surface area contributed by atoms with E-state index in [2.05, 4.69) is 27.9 Å². The van der Waals surface area contributed by atoms with Gasteiger partial charge >= 0.3 is 0 Å². The minimum Gasteiger partial charge on any atom is -0.344 e. The molecule has 1 aromatic heterocycles. The summed E-state index contributed by atoms with van der Waals surface area (Å²) in [6.07, 6.45) is 6.32. The molecule has 2 N–H and O–H groups in total. The van der Waals surface area contributed by atoms with Crippen LogP contribution in [0.15, 0.2) is 5.38 Å². The number of carbonyl (C=O) groups excluding carboxylic acids is 1. The number of aromatic nitrogens is 1. The largest absolute Gasteiger partial charge is 0.344 e. The lowest BCUT2D eigenvalue weighted by atomic mass is 9.90. The Morgan fingerprint density at radius 3 is 2.65 bits per heavy atom. The molecule has 2 heterocycles. The van der Waals surface area contributed by atoms with E-state index in [1.54, 1.807) is 11.3 Å². The molecular formula is C16H27Cl2N3OS. The predicted molar refractivity (Wildman–Crippen MR) is 99.8 cm³/mol. The Kier molecular flexibility index (Phi) is 7.78. The second kappa shape index (κ2) is 8.65. The van der Waals surface area contributed by atoms with Crippen molar-refractivity contribution in [1.29, 1.82) is 0 Å². The van der Waals surface area contributed by atoms with Gasteiger partial charge in [0.2, 0.25) is 5.91 Å². The number of amides is 1. The Morgan fingerprint density at radius 1 is 1.39 bits per heavy atom. The number of nitrogens with zero attached hydrogens (tertiary/aromatic N) is 1. The van der Waals surface area contributed by atoms with Crippen LogP contribution in [0.25, 0.3) is 0 Å². The second-order valence-corrected chi connectivity index (χ2v) is 7.51. The summed E-state index contributed by atoms with van der Waals surface area (Å²) in [4.78, 5) is 17.4. The predicted octanol–water partition coefficient (Wildman–Crippen LogP) is 3.57. The average molecular weight is 380 g/mol. The lowest BCUT2D eigenvalue weighted by Crippen LogP contribution is -2.49. The normalized spacial score (nSPS) is 26.0. The van der Waals surface area contributed by atoms with Gasteiger partial charge in [-0.15, -0.1) is 36.2 Å². The van der Waals surface area contributed by atoms with Gasteiger partial charge in [-0.3, -0.25) is 4.79 Å². The molecule has 2 fully saturated rings. The van der Waals surface area contributed by atoms with Gasteiger partial charge in [-0.25, -0.2) is 4.98 Å². The number of piperidine rings is 1. The third-order valence-corrected chi connectivity index (χ3v) is 6.01. The molecule has 2 atom stereocenters. The van der Waals surface area contributed by atoms with Crippen molar-refractivity contribution in [3.63, 3.8) is 0 Å². The molecule has 23 heavy (non-hydrogen) atoms. The van der Waals surface area contributed by atoms with Crippen LogP contribution in [0.2, 0.25) is 0 Å². The van der Waals surface area contributed by atoms with E-state index in [0.29, 0.717) is 6.04 Å². The molecule has 0 radical (unpaired) electrons. The lowest BCUT2D eigenvalue weighted by molar-refractivity contribution is -0.128. The van der Waals surface area contributed by atoms with Crippen LogP contribution in [0.4, 0.5) is 0 Å². The van der Waals surface area contributed by atoms with Crippen molar-refractivity contribution in [3.05, 3.63) is 16.1 Å². The van der Waals surface area contributed by atoms with Crippen molar-refractivity contribution in [2.45, 2.75) is 64.0 Å². The van der Waals surface area contributed by atoms with Crippen LogP contribution in [0, 0.1) is 12.8 Å². The fourth-order valence-corrected chi connectivity index (χ4v) is 4.66. The zero-order valence-electron chi connectivity index (χ0n) is 13.8. The van der Waals surface area contributed by atoms with E-state index in [9.17, 15) is 4.79 Å². The Balaban J connectivity index is 0.00000132. The summed E-state index contributed by atoms with van der Waals surface area (Å²) in [6.45, 7) is 5.14. The first kappa shape index (κ1) is 20.7. The van der Waals surface area contributed by atoms with Crippen molar-refractivity contribution in [2.24, 2.45) is 5.92 Å². The number of hydrogen-bond acceptors (Lipinski definition) is 4. The van der Waals surface area contributed by atoms with E-state index < -0.39 is 0 Å². The van der Waals surface area contributed by atoms with E-state index in [0.717, 1.165) is 42.9 Å². The molecule has 0 aromatic carbocycles. The maximum Gasteiger partial charge on any atom is 0.223 e. The van der Waals surface area contributed by atoms with Crippen LogP contribution in [0.3, 0.4) is 0 Å². The standard InChI is InChI=1S/C16H25N3OS.2ClH/c1-11-9-13(5-8-17-11)14(20)19-16(6-3-4-7-16)15-18-12(2)10-21-15;;/h10-11,13,17H,3-9H2,1-2H3,(H,19,20);2*1H/t11-,13-;;/m0../s1. The third-order valence-electron chi connectivity index (χ3n) is 4.84. The summed E-state index contributed by atoms with van der Waals surface area (Å²) in [5.74, 6) is 0.387. The van der Waals surface area contributed by atoms with Gasteiger partial charge in [0, 0.05) is 23.0 Å². The zero-order chi connectivity index (χ0) is 14.9. The summed E-state index contributed by atoms with van der Waals surface area (Å²) >= 11 is 1.70. The fraction of sp³-hybridized carbons (Fsp3) is 0.750. The molecule has 1 amide bonds. The first-order chi connectivity index (χ1) is 10.1. The summed E-state index contributed by atoms with van der Waals surface area (Å²) in [5.41, 5.74) is 0.871. The summed E-state index contributed by atoms with van der Waals surface area (Å²) in [6, 6.07) is 0.441. The maximum absolute atomic E-state index is 12.7. The third kappa shape index (κ3) is 4.59. The molecule has 4 nitrogen and oxygen atoms in total. The van der Waals surface area contributed by atoms with Crippen LogP contribution >= 0.6 is 36.2 Å². The molecule has 0 spiro atoms. The minimum atomic E-state index is -0.190. The highest BCUT2D eigenvalue weighted by atomic mass is 35.5. The van der Waals surface area contributed by atoms with Crippen LogP contribution in [-0.2, 0) is 10.3 Å². The molecule has 1 saturated carbocycles. The first-order valence-corrected chi connectivity index (χ1v) is 8.95. The van der Waals surface area contributed by atoms with Gasteiger partial charge in [-0.05, 0) is 46.1 Å². The quantitative estimate of drug-likeness (QED) is 0.843. The highest BCUT2D eigenvalue weighted by Crippen LogP contribution is 2.40. The van der Waals surface area contributed by atoms with Crippen molar-refractivity contribution >= 4 is 42.1 Å². The molecule has 1 aliphatic heterocycles. The summed E-state index contributed by atoms with van der Waals surface area (Å²) in [7, 11) is 0. The van der Waals surface area contributed by atoms with Crippen molar-refractivity contribution in [2.75, 3.05) is 6.54 Å². The van der Waals surface area contributed by atoms with Crippen LogP contribution < -0.4 is 10.6 Å². The van der Waals surface area contributed by atoms with Crippen molar-refractivity contribution in [3.8, 4) is 0 Å². The number of hydrogen-bond donors (Lipinski definition) is 2. The Hall–Kier alpha value is -0.360. The highest BCUT2D eigenvalue weighted by Gasteiger charge is 2.41. The van der Waals surface area contributed by atoms with E-state index in [1.807, 2.05) is 6.92 Å². The number of nitrogens with one attached hydrogen (secondary N) is 2. The molecule has 2 aliphatic rings. The zero-order valence-corrected chi connectivity index (χ0v) is 16.2. The molecule has 0 bridgehead atoms. The van der Waals surface area contributed by atoms with Crippen molar-refractivity contribution in [1.82, 2.24) is 15.6 Å². The number of aryl methyl sites for hydroxylation is 1.